The molecule has 0 amide bonds. The van der Waals surface area contributed by atoms with E-state index in [1.807, 2.05) is 0 Å². The van der Waals surface area contributed by atoms with Crippen LogP contribution in [0.3, 0.4) is 0 Å². The summed E-state index contributed by atoms with van der Waals surface area (Å²) in [6.07, 6.45) is 3.16. The molecular formula is C33H46NOP. The molecule has 2 unspecified atom stereocenters. The number of nitrogens with zero attached hydrogens (tertiary/aromatic N) is 1. The van der Waals surface area contributed by atoms with Crippen LogP contribution in [0.4, 0.5) is 0 Å². The number of phenolic OH excluding ortho intramolecular Hbond substituents is 1. The maximum absolute atomic E-state index is 11.4. The lowest BCUT2D eigenvalue weighted by Gasteiger charge is -2.37. The van der Waals surface area contributed by atoms with Gasteiger partial charge in [0.15, 0.2) is 0 Å². The molecule has 0 radical (unpaired) electrons. The lowest BCUT2D eigenvalue weighted by molar-refractivity contribution is 0.320. The Bertz CT molecular complexity index is 1150. The van der Waals surface area contributed by atoms with Crippen LogP contribution in [-0.4, -0.2) is 17.1 Å². The number of hydrogen-bond donors (Lipinski definition) is 1. The minimum absolute atomic E-state index is 0.0377. The van der Waals surface area contributed by atoms with Crippen molar-refractivity contribution in [1.82, 2.24) is 4.90 Å². The summed E-state index contributed by atoms with van der Waals surface area (Å²) >= 11 is 0. The van der Waals surface area contributed by atoms with Crippen molar-refractivity contribution in [3.63, 3.8) is 0 Å². The van der Waals surface area contributed by atoms with Crippen LogP contribution in [0.15, 0.2) is 60.7 Å². The highest BCUT2D eigenvalue weighted by molar-refractivity contribution is 7.48. The van der Waals surface area contributed by atoms with Crippen LogP contribution in [0.25, 0.3) is 0 Å². The Balaban J connectivity index is 2.05. The summed E-state index contributed by atoms with van der Waals surface area (Å²) in [6.45, 7) is 17.5. The molecule has 0 saturated carbocycles. The van der Waals surface area contributed by atoms with Crippen molar-refractivity contribution in [1.29, 1.82) is 0 Å². The van der Waals surface area contributed by atoms with Crippen molar-refractivity contribution in [3.05, 3.63) is 94.0 Å². The summed E-state index contributed by atoms with van der Waals surface area (Å²) in [5.41, 5.74) is 7.57. The van der Waals surface area contributed by atoms with Crippen molar-refractivity contribution in [3.8, 4) is 5.75 Å². The molecular weight excluding hydrogens is 457 g/mol. The summed E-state index contributed by atoms with van der Waals surface area (Å²) in [5, 5.41) is 12.8. The lowest BCUT2D eigenvalue weighted by atomic mass is 9.81. The molecule has 0 spiro atoms. The average molecular weight is 504 g/mol. The highest BCUT2D eigenvalue weighted by Gasteiger charge is 2.35. The molecule has 2 atom stereocenters. The van der Waals surface area contributed by atoms with Crippen molar-refractivity contribution in [2.24, 2.45) is 0 Å². The van der Waals surface area contributed by atoms with Crippen LogP contribution in [0, 0.1) is 13.8 Å². The number of benzene rings is 3. The van der Waals surface area contributed by atoms with Crippen LogP contribution < -0.4 is 5.30 Å². The van der Waals surface area contributed by atoms with Crippen molar-refractivity contribution >= 4 is 13.9 Å². The number of rotatable bonds is 10. The molecule has 3 rings (SSSR count). The van der Waals surface area contributed by atoms with Crippen LogP contribution >= 0.6 is 8.58 Å². The van der Waals surface area contributed by atoms with Crippen LogP contribution in [0.1, 0.15) is 87.3 Å². The van der Waals surface area contributed by atoms with Gasteiger partial charge in [-0.1, -0.05) is 110 Å². The summed E-state index contributed by atoms with van der Waals surface area (Å²) < 4.78 is 0. The number of hydrogen-bond acceptors (Lipinski definition) is 2. The first kappa shape index (κ1) is 28.4. The SMILES string of the molecule is CCCC(CC)(Pc1c(C)cccc1CN(C)Cc1ccccc1)c1cc(C(C)(C)C)cc(C)c1O. The maximum Gasteiger partial charge on any atom is 0.122 e. The van der Waals surface area contributed by atoms with E-state index >= 15 is 0 Å². The zero-order valence-corrected chi connectivity index (χ0v) is 24.7. The third-order valence-corrected chi connectivity index (χ3v) is 9.74. The monoisotopic (exact) mass is 503 g/mol. The fourth-order valence-corrected chi connectivity index (χ4v) is 7.20. The first-order chi connectivity index (χ1) is 17.0. The molecule has 194 valence electrons. The molecule has 0 aliphatic carbocycles. The predicted octanol–water partition coefficient (Wildman–Crippen LogP) is 8.35. The van der Waals surface area contributed by atoms with Gasteiger partial charge >= 0.3 is 0 Å². The first-order valence-electron chi connectivity index (χ1n) is 13.4. The molecule has 0 aliphatic rings. The molecule has 1 N–H and O–H groups in total. The van der Waals surface area contributed by atoms with Crippen LogP contribution in [-0.2, 0) is 23.7 Å². The molecule has 0 aliphatic heterocycles. The second-order valence-corrected chi connectivity index (χ2v) is 13.2. The van der Waals surface area contributed by atoms with Gasteiger partial charge < -0.3 is 5.11 Å². The first-order valence-corrected chi connectivity index (χ1v) is 14.4. The third-order valence-electron chi connectivity index (χ3n) is 7.42. The van der Waals surface area contributed by atoms with E-state index in [1.165, 1.54) is 27.6 Å². The zero-order chi connectivity index (χ0) is 26.5. The Kier molecular flexibility index (Phi) is 9.42. The largest absolute Gasteiger partial charge is 0.507 e. The van der Waals surface area contributed by atoms with Gasteiger partial charge in [-0.15, -0.1) is 0 Å². The van der Waals surface area contributed by atoms with Gasteiger partial charge in [-0.3, -0.25) is 4.90 Å². The Morgan fingerprint density at radius 3 is 2.17 bits per heavy atom. The number of phenols is 1. The Labute approximate surface area is 221 Å². The van der Waals surface area contributed by atoms with E-state index < -0.39 is 0 Å². The van der Waals surface area contributed by atoms with Crippen LogP contribution in [0.5, 0.6) is 5.75 Å². The van der Waals surface area contributed by atoms with E-state index in [0.717, 1.165) is 43.5 Å². The van der Waals surface area contributed by atoms with Gasteiger partial charge in [0.1, 0.15) is 5.75 Å². The fourth-order valence-electron chi connectivity index (χ4n) is 5.24. The quantitative estimate of drug-likeness (QED) is 0.281. The zero-order valence-electron chi connectivity index (χ0n) is 23.7. The van der Waals surface area contributed by atoms with Gasteiger partial charge in [0.25, 0.3) is 0 Å². The molecule has 0 bridgehead atoms. The molecule has 0 fully saturated rings. The van der Waals surface area contributed by atoms with Crippen molar-refractivity contribution in [2.45, 2.75) is 91.4 Å². The molecule has 36 heavy (non-hydrogen) atoms. The molecule has 0 heterocycles. The minimum Gasteiger partial charge on any atom is -0.507 e. The lowest BCUT2D eigenvalue weighted by Crippen LogP contribution is -2.28. The normalized spacial score (nSPS) is 14.0. The second-order valence-electron chi connectivity index (χ2n) is 11.5. The second kappa shape index (κ2) is 11.9. The van der Waals surface area contributed by atoms with Gasteiger partial charge in [-0.25, -0.2) is 0 Å². The summed E-state index contributed by atoms with van der Waals surface area (Å²) in [4.78, 5) is 2.41. The standard InChI is InChI=1S/C33H46NOP/c1-9-19-33(10-2,29-21-28(32(5,6)7)20-25(4)30(29)35)36-31-24(3)15-14-18-27(31)23-34(8)22-26-16-12-11-13-17-26/h11-18,20-21,35-36H,9-10,19,22-23H2,1-8H3. The molecule has 2 nitrogen and oxygen atoms in total. The van der Waals surface area contributed by atoms with E-state index in [-0.39, 0.29) is 10.6 Å². The maximum atomic E-state index is 11.4. The van der Waals surface area contributed by atoms with E-state index in [2.05, 4.69) is 121 Å². The van der Waals surface area contributed by atoms with Gasteiger partial charge in [-0.05, 0) is 72.3 Å². The average Bonchev–Trinajstić information content (AvgIpc) is 2.82. The van der Waals surface area contributed by atoms with E-state index in [1.54, 1.807) is 0 Å². The van der Waals surface area contributed by atoms with E-state index in [0.29, 0.717) is 14.3 Å². The predicted molar refractivity (Wildman–Crippen MR) is 159 cm³/mol. The van der Waals surface area contributed by atoms with Gasteiger partial charge in [0, 0.05) is 23.8 Å². The molecule has 0 saturated heterocycles. The molecule has 0 aromatic heterocycles. The summed E-state index contributed by atoms with van der Waals surface area (Å²) in [6, 6.07) is 22.0. The van der Waals surface area contributed by atoms with Crippen molar-refractivity contribution < 1.29 is 5.11 Å². The summed E-state index contributed by atoms with van der Waals surface area (Å²) in [7, 11) is 2.81. The van der Waals surface area contributed by atoms with Gasteiger partial charge in [0.2, 0.25) is 0 Å². The smallest absolute Gasteiger partial charge is 0.122 e. The topological polar surface area (TPSA) is 23.5 Å². The minimum atomic E-state index is -0.0796. The Morgan fingerprint density at radius 2 is 1.56 bits per heavy atom. The number of aryl methyl sites for hydroxylation is 2. The fraction of sp³-hybridized carbons (Fsp3) is 0.455. The molecule has 3 aromatic carbocycles. The van der Waals surface area contributed by atoms with Gasteiger partial charge in [-0.2, -0.15) is 0 Å². The van der Waals surface area contributed by atoms with Gasteiger partial charge in [0.05, 0.1) is 0 Å². The van der Waals surface area contributed by atoms with E-state index in [4.69, 9.17) is 0 Å². The van der Waals surface area contributed by atoms with Crippen LogP contribution in [0.2, 0.25) is 0 Å². The highest BCUT2D eigenvalue weighted by Crippen LogP contribution is 2.52. The Morgan fingerprint density at radius 1 is 0.861 bits per heavy atom. The van der Waals surface area contributed by atoms with Crippen molar-refractivity contribution in [2.75, 3.05) is 7.05 Å². The molecule has 3 aromatic rings. The van der Waals surface area contributed by atoms with E-state index in [9.17, 15) is 5.11 Å². The molecule has 3 heteroatoms. The Hall–Kier alpha value is -2.15. The third kappa shape index (κ3) is 6.58. The summed E-state index contributed by atoms with van der Waals surface area (Å²) in [5.74, 6) is 0.488. The number of aromatic hydroxyl groups is 1. The highest BCUT2D eigenvalue weighted by atomic mass is 31.1.